The molecule has 0 aromatic heterocycles. The fourth-order valence-electron chi connectivity index (χ4n) is 2.86. The summed E-state index contributed by atoms with van der Waals surface area (Å²) in [6.07, 6.45) is 2.20. The van der Waals surface area contributed by atoms with Gasteiger partial charge in [-0.2, -0.15) is 0 Å². The molecule has 29 heavy (non-hydrogen) atoms. The summed E-state index contributed by atoms with van der Waals surface area (Å²) in [4.78, 5) is 26.8. The Morgan fingerprint density at radius 1 is 1.24 bits per heavy atom. The van der Waals surface area contributed by atoms with Crippen molar-refractivity contribution in [3.63, 3.8) is 0 Å². The van der Waals surface area contributed by atoms with Crippen LogP contribution in [0.25, 0.3) is 6.08 Å². The fourth-order valence-corrected chi connectivity index (χ4v) is 4.31. The molecule has 0 bridgehead atoms. The minimum absolute atomic E-state index is 0.192. The van der Waals surface area contributed by atoms with Crippen molar-refractivity contribution >= 4 is 57.8 Å². The number of rotatable bonds is 7. The largest absolute Gasteiger partial charge is 0.394 e. The number of thioether (sulfide) groups is 1. The van der Waals surface area contributed by atoms with Gasteiger partial charge in [0.15, 0.2) is 0 Å². The van der Waals surface area contributed by atoms with Crippen molar-refractivity contribution in [3.05, 3.63) is 75.7 Å². The van der Waals surface area contributed by atoms with Gasteiger partial charge in [-0.25, -0.2) is 0 Å². The quantitative estimate of drug-likeness (QED) is 0.504. The highest BCUT2D eigenvalue weighted by Crippen LogP contribution is 2.32. The lowest BCUT2D eigenvalue weighted by atomic mass is 10.1. The van der Waals surface area contributed by atoms with Gasteiger partial charge in [-0.15, -0.1) is 0 Å². The highest BCUT2D eigenvalue weighted by atomic mass is 35.5. The second-order valence-electron chi connectivity index (χ2n) is 6.46. The number of nitrogens with zero attached hydrogens (tertiary/aromatic N) is 1. The van der Waals surface area contributed by atoms with Crippen LogP contribution in [0.4, 0.5) is 0 Å². The minimum atomic E-state index is -0.440. The third kappa shape index (κ3) is 5.90. The topological polar surface area (TPSA) is 69.6 Å². The van der Waals surface area contributed by atoms with Crippen molar-refractivity contribution in [2.24, 2.45) is 0 Å². The Bertz CT molecular complexity index is 950. The Morgan fingerprint density at radius 3 is 2.69 bits per heavy atom. The smallest absolute Gasteiger partial charge is 0.266 e. The van der Waals surface area contributed by atoms with Crippen LogP contribution in [-0.4, -0.2) is 45.3 Å². The first-order valence-corrected chi connectivity index (χ1v) is 10.5. The average Bonchev–Trinajstić information content (AvgIpc) is 2.95. The molecule has 1 fully saturated rings. The van der Waals surface area contributed by atoms with E-state index in [4.69, 9.17) is 23.8 Å². The number of aliphatic hydroxyl groups excluding tert-OH is 1. The van der Waals surface area contributed by atoms with Crippen LogP contribution in [0.15, 0.2) is 59.5 Å². The average molecular weight is 447 g/mol. The minimum Gasteiger partial charge on any atom is -0.394 e. The van der Waals surface area contributed by atoms with E-state index >= 15 is 0 Å². The van der Waals surface area contributed by atoms with Crippen molar-refractivity contribution in [2.75, 3.05) is 13.2 Å². The Hall–Kier alpha value is -2.19. The van der Waals surface area contributed by atoms with Crippen LogP contribution in [0.3, 0.4) is 0 Å². The monoisotopic (exact) mass is 446 g/mol. The highest BCUT2D eigenvalue weighted by Gasteiger charge is 2.33. The molecule has 3 rings (SSSR count). The standard InChI is InChI=1S/C21H19ClN2O3S2/c22-16-8-4-7-15(9-16)11-18-20(27)24(21(28)29-18)12-19(26)23-17(13-25)10-14-5-2-1-3-6-14/h1-9,11,17,25H,10,12-13H2,(H,23,26)/b18-11-. The van der Waals surface area contributed by atoms with E-state index in [0.717, 1.165) is 22.9 Å². The fraction of sp³-hybridized carbons (Fsp3) is 0.190. The number of halogens is 1. The summed E-state index contributed by atoms with van der Waals surface area (Å²) >= 11 is 12.4. The molecular weight excluding hydrogens is 428 g/mol. The molecule has 2 aromatic carbocycles. The molecule has 1 unspecified atom stereocenters. The zero-order chi connectivity index (χ0) is 20.8. The van der Waals surface area contributed by atoms with E-state index in [1.807, 2.05) is 36.4 Å². The normalized spacial score (nSPS) is 16.3. The zero-order valence-electron chi connectivity index (χ0n) is 15.4. The molecule has 0 spiro atoms. The Labute approximate surface area is 183 Å². The van der Waals surface area contributed by atoms with Gasteiger partial charge in [-0.1, -0.05) is 78.0 Å². The van der Waals surface area contributed by atoms with E-state index in [0.29, 0.717) is 20.7 Å². The molecule has 2 amide bonds. The molecule has 1 heterocycles. The predicted octanol–water partition coefficient (Wildman–Crippen LogP) is 3.26. The summed E-state index contributed by atoms with van der Waals surface area (Å²) in [6, 6.07) is 16.3. The van der Waals surface area contributed by atoms with Crippen LogP contribution in [0.5, 0.6) is 0 Å². The first kappa shape index (κ1) is 21.5. The lowest BCUT2D eigenvalue weighted by Crippen LogP contribution is -2.45. The summed E-state index contributed by atoms with van der Waals surface area (Å²) < 4.78 is 0.321. The molecular formula is C21H19ClN2O3S2. The van der Waals surface area contributed by atoms with Crippen LogP contribution in [0.2, 0.25) is 5.02 Å². The number of thiocarbonyl (C=S) groups is 1. The van der Waals surface area contributed by atoms with Crippen molar-refractivity contribution in [3.8, 4) is 0 Å². The summed E-state index contributed by atoms with van der Waals surface area (Å²) in [5.41, 5.74) is 1.78. The lowest BCUT2D eigenvalue weighted by Gasteiger charge is -2.19. The van der Waals surface area contributed by atoms with Crippen LogP contribution in [-0.2, 0) is 16.0 Å². The van der Waals surface area contributed by atoms with Gasteiger partial charge in [0.1, 0.15) is 10.9 Å². The van der Waals surface area contributed by atoms with Crippen LogP contribution in [0.1, 0.15) is 11.1 Å². The number of nitrogens with one attached hydrogen (secondary N) is 1. The van der Waals surface area contributed by atoms with E-state index in [1.165, 1.54) is 4.90 Å². The van der Waals surface area contributed by atoms with Gasteiger partial charge in [-0.05, 0) is 35.8 Å². The van der Waals surface area contributed by atoms with Crippen molar-refractivity contribution in [1.82, 2.24) is 10.2 Å². The second kappa shape index (κ2) is 10.0. The first-order valence-electron chi connectivity index (χ1n) is 8.91. The van der Waals surface area contributed by atoms with Gasteiger partial charge in [0.2, 0.25) is 5.91 Å². The third-order valence-electron chi connectivity index (χ3n) is 4.23. The molecule has 1 atom stereocenters. The van der Waals surface area contributed by atoms with Gasteiger partial charge in [0.05, 0.1) is 17.6 Å². The summed E-state index contributed by atoms with van der Waals surface area (Å²) in [6.45, 7) is -0.392. The third-order valence-corrected chi connectivity index (χ3v) is 5.85. The first-order chi connectivity index (χ1) is 14.0. The highest BCUT2D eigenvalue weighted by molar-refractivity contribution is 8.26. The number of carbonyl (C=O) groups is 2. The molecule has 0 aliphatic carbocycles. The number of amides is 2. The molecule has 1 aliphatic heterocycles. The maximum absolute atomic E-state index is 12.7. The predicted molar refractivity (Wildman–Crippen MR) is 120 cm³/mol. The van der Waals surface area contributed by atoms with E-state index < -0.39 is 6.04 Å². The Kier molecular flexibility index (Phi) is 7.44. The number of hydrogen-bond acceptors (Lipinski definition) is 5. The second-order valence-corrected chi connectivity index (χ2v) is 8.57. The maximum atomic E-state index is 12.7. The maximum Gasteiger partial charge on any atom is 0.266 e. The van der Waals surface area contributed by atoms with Crippen molar-refractivity contribution < 1.29 is 14.7 Å². The van der Waals surface area contributed by atoms with Gasteiger partial charge < -0.3 is 10.4 Å². The van der Waals surface area contributed by atoms with Gasteiger partial charge in [0.25, 0.3) is 5.91 Å². The molecule has 2 N–H and O–H groups in total. The van der Waals surface area contributed by atoms with Crippen LogP contribution < -0.4 is 5.32 Å². The SMILES string of the molecule is O=C(CN1C(=O)/C(=C/c2cccc(Cl)c2)SC1=S)NC(CO)Cc1ccccc1. The number of aliphatic hydroxyl groups is 1. The Balaban J connectivity index is 1.62. The number of hydrogen-bond donors (Lipinski definition) is 2. The number of carbonyl (C=O) groups excluding carboxylic acids is 2. The zero-order valence-corrected chi connectivity index (χ0v) is 17.8. The van der Waals surface area contributed by atoms with E-state index in [2.05, 4.69) is 5.32 Å². The molecule has 1 aliphatic rings. The van der Waals surface area contributed by atoms with Crippen LogP contribution >= 0.6 is 35.6 Å². The van der Waals surface area contributed by atoms with E-state index in [9.17, 15) is 14.7 Å². The Morgan fingerprint density at radius 2 is 2.00 bits per heavy atom. The molecule has 5 nitrogen and oxygen atoms in total. The van der Waals surface area contributed by atoms with Crippen LogP contribution in [0, 0.1) is 0 Å². The molecule has 8 heteroatoms. The lowest BCUT2D eigenvalue weighted by molar-refractivity contribution is -0.129. The molecule has 1 saturated heterocycles. The molecule has 150 valence electrons. The van der Waals surface area contributed by atoms with Crippen molar-refractivity contribution in [1.29, 1.82) is 0 Å². The molecule has 2 aromatic rings. The van der Waals surface area contributed by atoms with Gasteiger partial charge >= 0.3 is 0 Å². The van der Waals surface area contributed by atoms with Gasteiger partial charge in [0, 0.05) is 5.02 Å². The molecule has 0 radical (unpaired) electrons. The summed E-state index contributed by atoms with van der Waals surface area (Å²) in [5.74, 6) is -0.695. The summed E-state index contributed by atoms with van der Waals surface area (Å²) in [5, 5.41) is 12.9. The van der Waals surface area contributed by atoms with Gasteiger partial charge in [-0.3, -0.25) is 14.5 Å². The molecule has 0 saturated carbocycles. The van der Waals surface area contributed by atoms with Crippen molar-refractivity contribution in [2.45, 2.75) is 12.5 Å². The number of benzene rings is 2. The van der Waals surface area contributed by atoms with E-state index in [-0.39, 0.29) is 25.0 Å². The van der Waals surface area contributed by atoms with E-state index in [1.54, 1.807) is 24.3 Å². The summed E-state index contributed by atoms with van der Waals surface area (Å²) in [7, 11) is 0.